The van der Waals surface area contributed by atoms with Crippen molar-refractivity contribution in [1.82, 2.24) is 0 Å². The van der Waals surface area contributed by atoms with Crippen molar-refractivity contribution < 1.29 is 118 Å². The molecule has 0 aliphatic rings. The van der Waals surface area contributed by atoms with Crippen LogP contribution in [0, 0.1) is 0 Å². The first-order valence-electron chi connectivity index (χ1n) is 32.9. The van der Waals surface area contributed by atoms with Crippen LogP contribution in [0.25, 0.3) is 0 Å². The molecular formula is C78H59O26P7+2. The van der Waals surface area contributed by atoms with E-state index in [2.05, 4.69) is 0 Å². The quantitative estimate of drug-likeness (QED) is 0.0325. The Kier molecular flexibility index (Phi) is 25.1. The Labute approximate surface area is 637 Å². The zero-order chi connectivity index (χ0) is 76.8. The third-order valence-corrected chi connectivity index (χ3v) is 23.1. The summed E-state index contributed by atoms with van der Waals surface area (Å²) in [4.78, 5) is 0. The van der Waals surface area contributed by atoms with Crippen LogP contribution in [0.4, 0.5) is 0 Å². The highest BCUT2D eigenvalue weighted by molar-refractivity contribution is 7.62. The van der Waals surface area contributed by atoms with Crippen LogP contribution in [0.1, 0.15) is 0 Å². The van der Waals surface area contributed by atoms with Gasteiger partial charge in [-0.2, -0.15) is 18.3 Å². The van der Waals surface area contributed by atoms with Crippen molar-refractivity contribution in [3.05, 3.63) is 358 Å². The van der Waals surface area contributed by atoms with Gasteiger partial charge >= 0.3 is 55.6 Å². The second-order valence-electron chi connectivity index (χ2n) is 22.5. The molecule has 0 aliphatic carbocycles. The maximum atomic E-state index is 14.8. The lowest BCUT2D eigenvalue weighted by molar-refractivity contribution is 0.279. The Balaban J connectivity index is 0.649. The fourth-order valence-electron chi connectivity index (χ4n) is 9.51. The number of hydrogen-bond donors (Lipinski definition) is 0. The van der Waals surface area contributed by atoms with Crippen LogP contribution in [0.3, 0.4) is 0 Å². The fourth-order valence-corrected chi connectivity index (χ4v) is 17.6. The molecule has 26 nitrogen and oxygen atoms in total. The monoisotopic (exact) mass is 1630 g/mol. The van der Waals surface area contributed by atoms with Crippen LogP contribution in [0.2, 0.25) is 0 Å². The molecule has 0 amide bonds. The van der Waals surface area contributed by atoms with E-state index in [0.29, 0.717) is 0 Å². The highest BCUT2D eigenvalue weighted by Crippen LogP contribution is 2.62. The molecule has 560 valence electrons. The molecule has 13 aromatic rings. The summed E-state index contributed by atoms with van der Waals surface area (Å²) in [5, 5.41) is 0. The molecule has 0 aliphatic heterocycles. The molecule has 13 rings (SSSR count). The third-order valence-electron chi connectivity index (χ3n) is 14.0. The standard InChI is InChI=1S/C78H59O26P7/c79-105(88-71-46-22-42-67(54-71)86-69-44-24-48-73(56-69)97-109(83,94-64-36-16-5-17-37-64)101-77-52-26-50-75(58-77)99-107(81,90-60-28-8-1-9-29-60)91-61-30-10-2-11-31-61)103-111(85,96-66-40-20-7-21-41-66)104-106(80)89-72-47-23-43-68(55-72)87-70-45-25-49-74(57-70)98-110(84,95-65-38-18-6-19-39-65)102-78-53-27-51-76(59-78)100-108(82,92-62-32-12-3-13-33-62)93-63-34-14-4-15-35-63/h1-59H/q+2. The summed E-state index contributed by atoms with van der Waals surface area (Å²) >= 11 is 0. The van der Waals surface area contributed by atoms with Crippen molar-refractivity contribution in [3.63, 3.8) is 0 Å². The van der Waals surface area contributed by atoms with Crippen LogP contribution in [0.5, 0.6) is 109 Å². The van der Waals surface area contributed by atoms with Crippen LogP contribution >= 0.6 is 55.6 Å². The van der Waals surface area contributed by atoms with Crippen LogP contribution < -0.4 is 77.3 Å². The van der Waals surface area contributed by atoms with E-state index in [1.54, 1.807) is 164 Å². The molecule has 0 bridgehead atoms. The molecule has 0 fully saturated rings. The lowest BCUT2D eigenvalue weighted by Gasteiger charge is -2.21. The zero-order valence-corrected chi connectivity index (χ0v) is 63.6. The first-order chi connectivity index (χ1) is 53.9. The molecule has 111 heavy (non-hydrogen) atoms. The van der Waals surface area contributed by atoms with Gasteiger partial charge in [0, 0.05) is 54.1 Å². The topological polar surface area (TPSA) is 295 Å². The highest BCUT2D eigenvalue weighted by Gasteiger charge is 2.53. The van der Waals surface area contributed by atoms with E-state index in [1.807, 2.05) is 0 Å². The van der Waals surface area contributed by atoms with Crippen molar-refractivity contribution in [2.45, 2.75) is 0 Å². The first kappa shape index (κ1) is 76.9. The number of para-hydroxylation sites is 7. The number of hydrogen-bond acceptors (Lipinski definition) is 26. The minimum Gasteiger partial charge on any atom is -0.457 e. The van der Waals surface area contributed by atoms with E-state index in [4.69, 9.17) is 86.0 Å². The van der Waals surface area contributed by atoms with Crippen molar-refractivity contribution in [1.29, 1.82) is 0 Å². The molecule has 0 spiro atoms. The Bertz CT molecular complexity index is 5150. The molecule has 4 unspecified atom stereocenters. The summed E-state index contributed by atoms with van der Waals surface area (Å²) in [7, 11) is -30.6. The van der Waals surface area contributed by atoms with E-state index in [9.17, 15) is 32.0 Å². The summed E-state index contributed by atoms with van der Waals surface area (Å²) in [5.74, 6) is 0.530. The van der Waals surface area contributed by atoms with Crippen molar-refractivity contribution in [2.75, 3.05) is 0 Å². The molecule has 0 heterocycles. The van der Waals surface area contributed by atoms with Gasteiger partial charge in [-0.05, 0) is 158 Å². The van der Waals surface area contributed by atoms with E-state index in [0.717, 1.165) is 0 Å². The molecule has 0 radical (unpaired) electrons. The van der Waals surface area contributed by atoms with Crippen molar-refractivity contribution in [3.8, 4) is 109 Å². The number of ether oxygens (including phenoxy) is 2. The summed E-state index contributed by atoms with van der Waals surface area (Å²) < 4.78 is 210. The summed E-state index contributed by atoms with van der Waals surface area (Å²) in [6, 6.07) is 91.1. The maximum absolute atomic E-state index is 14.8. The van der Waals surface area contributed by atoms with E-state index < -0.39 is 55.6 Å². The van der Waals surface area contributed by atoms with Gasteiger partial charge in [0.2, 0.25) is 0 Å². The molecule has 0 saturated heterocycles. The fraction of sp³-hybridized carbons (Fsp3) is 0. The predicted molar refractivity (Wildman–Crippen MR) is 409 cm³/mol. The van der Waals surface area contributed by atoms with Crippen LogP contribution in [-0.2, 0) is 40.6 Å². The molecule has 0 saturated carbocycles. The Hall–Kier alpha value is -12.3. The number of rotatable bonds is 38. The third kappa shape index (κ3) is 23.6. The number of phosphoric acid groups is 5. The van der Waals surface area contributed by atoms with Gasteiger partial charge < -0.3 is 68.3 Å². The number of phosphoric ester groups is 4. The summed E-state index contributed by atoms with van der Waals surface area (Å²) in [6.07, 6.45) is 0. The van der Waals surface area contributed by atoms with Crippen LogP contribution in [-0.4, -0.2) is 0 Å². The number of benzene rings is 13. The maximum Gasteiger partial charge on any atom is 0.762 e. The van der Waals surface area contributed by atoms with Gasteiger partial charge in [-0.3, -0.25) is 0 Å². The zero-order valence-electron chi connectivity index (χ0n) is 57.3. The Morgan fingerprint density at radius 2 is 0.306 bits per heavy atom. The lowest BCUT2D eigenvalue weighted by Crippen LogP contribution is -2.09. The van der Waals surface area contributed by atoms with Gasteiger partial charge in [0.05, 0.1) is 0 Å². The molecule has 33 heteroatoms. The van der Waals surface area contributed by atoms with Gasteiger partial charge in [0.15, 0.2) is 11.5 Å². The SMILES string of the molecule is O=[P+](Oc1cccc(Oc2cccc(OP(=O)(Oc3ccccc3)Oc3cccc(OP(=O)(Oc4ccccc4)Oc4ccccc4)c3)c2)c1)OP(=O)(Oc1ccccc1)O[P+](=O)Oc1cccc(Oc2cccc(OP(=O)(Oc3ccccc3)Oc3cccc(OP(=O)(Oc4ccccc4)Oc4ccccc4)c3)c2)c1. The molecule has 0 N–H and O–H groups in total. The van der Waals surface area contributed by atoms with Crippen LogP contribution in [0.15, 0.2) is 358 Å². The molecular weight excluding hydrogens is 1570 g/mol. The average molecular weight is 1630 g/mol. The Morgan fingerprint density at radius 3 is 0.514 bits per heavy atom. The van der Waals surface area contributed by atoms with Gasteiger partial charge in [-0.1, -0.05) is 164 Å². The first-order valence-corrected chi connectivity index (χ1v) is 42.4. The van der Waals surface area contributed by atoms with Gasteiger partial charge in [0.25, 0.3) is 0 Å². The average Bonchev–Trinajstić information content (AvgIpc) is 0.820. The highest BCUT2D eigenvalue weighted by atomic mass is 31.3. The molecule has 4 atom stereocenters. The van der Waals surface area contributed by atoms with E-state index >= 15 is 0 Å². The second-order valence-corrected chi connectivity index (χ2v) is 31.9. The van der Waals surface area contributed by atoms with Crippen molar-refractivity contribution >= 4 is 55.6 Å². The van der Waals surface area contributed by atoms with E-state index in [-0.39, 0.29) is 109 Å². The molecule has 0 aromatic heterocycles. The predicted octanol–water partition coefficient (Wildman–Crippen LogP) is 24.8. The van der Waals surface area contributed by atoms with Gasteiger partial charge in [-0.25, -0.2) is 13.6 Å². The van der Waals surface area contributed by atoms with Crippen molar-refractivity contribution in [2.24, 2.45) is 0 Å². The minimum absolute atomic E-state index is 0.0636. The summed E-state index contributed by atoms with van der Waals surface area (Å²) in [5.41, 5.74) is 0. The second kappa shape index (κ2) is 36.3. The Morgan fingerprint density at radius 1 is 0.162 bits per heavy atom. The normalized spacial score (nSPS) is 13.0. The molecule has 13 aromatic carbocycles. The van der Waals surface area contributed by atoms with Gasteiger partial charge in [-0.15, -0.1) is 0 Å². The van der Waals surface area contributed by atoms with E-state index in [1.165, 1.54) is 194 Å². The lowest BCUT2D eigenvalue weighted by atomic mass is 10.3. The minimum atomic E-state index is -5.22. The van der Waals surface area contributed by atoms with Gasteiger partial charge in [0.1, 0.15) is 97.7 Å². The summed E-state index contributed by atoms with van der Waals surface area (Å²) in [6.45, 7) is 0. The smallest absolute Gasteiger partial charge is 0.457 e. The largest absolute Gasteiger partial charge is 0.762 e.